The van der Waals surface area contributed by atoms with Gasteiger partial charge in [-0.3, -0.25) is 4.99 Å². The highest BCUT2D eigenvalue weighted by Crippen LogP contribution is 2.20. The Hall–Kier alpha value is -2.06. The third kappa shape index (κ3) is 4.98. The molecule has 0 aliphatic carbocycles. The molecule has 0 aliphatic heterocycles. The molecule has 0 aliphatic rings. The summed E-state index contributed by atoms with van der Waals surface area (Å²) in [5.41, 5.74) is 2.67. The summed E-state index contributed by atoms with van der Waals surface area (Å²) in [6.45, 7) is 15.2. The number of rotatable bonds is 7. The molecule has 1 aromatic carbocycles. The Morgan fingerprint density at radius 3 is 2.37 bits per heavy atom. The predicted octanol–water partition coefficient (Wildman–Crippen LogP) is 5.12. The summed E-state index contributed by atoms with van der Waals surface area (Å²) in [7, 11) is 0. The van der Waals surface area contributed by atoms with Gasteiger partial charge in [0.15, 0.2) is 0 Å². The van der Waals surface area contributed by atoms with Gasteiger partial charge in [0.25, 0.3) is 0 Å². The molecule has 0 amide bonds. The van der Waals surface area contributed by atoms with Crippen molar-refractivity contribution in [2.45, 2.75) is 0 Å². The van der Waals surface area contributed by atoms with Crippen molar-refractivity contribution in [1.29, 1.82) is 0 Å². The van der Waals surface area contributed by atoms with Crippen LogP contribution < -0.4 is 0 Å². The molecule has 0 saturated carbocycles. The van der Waals surface area contributed by atoms with Crippen LogP contribution in [0.2, 0.25) is 0 Å². The number of aliphatic imine (C=N–C) groups is 1. The highest BCUT2D eigenvalue weighted by atomic mass is 32.2. The summed E-state index contributed by atoms with van der Waals surface area (Å²) in [6.07, 6.45) is 5.20. The molecule has 96 valence electrons. The summed E-state index contributed by atoms with van der Waals surface area (Å²) in [5, 5.41) is 1.74. The second-order valence-electron chi connectivity index (χ2n) is 3.65. The Labute approximate surface area is 119 Å². The average Bonchev–Trinajstić information content (AvgIpc) is 2.44. The molecule has 0 unspecified atom stereocenters. The van der Waals surface area contributed by atoms with Crippen LogP contribution in [0, 0.1) is 0 Å². The van der Waals surface area contributed by atoms with E-state index in [2.05, 4.69) is 31.3 Å². The molecule has 0 bridgehead atoms. The van der Waals surface area contributed by atoms with Gasteiger partial charge in [0.1, 0.15) is 0 Å². The van der Waals surface area contributed by atoms with Gasteiger partial charge < -0.3 is 0 Å². The molecular formula is C17H17NS. The molecule has 0 saturated heterocycles. The Bertz CT molecular complexity index is 536. The van der Waals surface area contributed by atoms with E-state index < -0.39 is 0 Å². The second kappa shape index (κ2) is 8.11. The fraction of sp³-hybridized carbons (Fsp3) is 0. The molecule has 0 fully saturated rings. The van der Waals surface area contributed by atoms with Gasteiger partial charge in [-0.05, 0) is 17.1 Å². The summed E-state index contributed by atoms with van der Waals surface area (Å²) in [5.74, 6) is 0. The molecule has 1 aromatic rings. The van der Waals surface area contributed by atoms with E-state index in [1.165, 1.54) is 11.8 Å². The third-order valence-corrected chi connectivity index (χ3v) is 2.94. The lowest BCUT2D eigenvalue weighted by atomic mass is 10.1. The van der Waals surface area contributed by atoms with Crippen molar-refractivity contribution in [3.8, 4) is 0 Å². The molecule has 0 heterocycles. The summed E-state index contributed by atoms with van der Waals surface area (Å²) in [6, 6.07) is 9.93. The van der Waals surface area contributed by atoms with Crippen LogP contribution in [-0.2, 0) is 0 Å². The van der Waals surface area contributed by atoms with Crippen molar-refractivity contribution in [2.75, 3.05) is 0 Å². The molecule has 0 spiro atoms. The van der Waals surface area contributed by atoms with Crippen LogP contribution in [0.25, 0.3) is 0 Å². The van der Waals surface area contributed by atoms with Gasteiger partial charge in [-0.1, -0.05) is 74.5 Å². The van der Waals surface area contributed by atoms with Crippen LogP contribution in [0.5, 0.6) is 0 Å². The Morgan fingerprint density at radius 2 is 1.79 bits per heavy atom. The molecule has 0 radical (unpaired) electrons. The van der Waals surface area contributed by atoms with Crippen molar-refractivity contribution in [3.63, 3.8) is 0 Å². The number of nitrogens with zero attached hydrogens (tertiary/aromatic N) is 1. The number of hydrogen-bond acceptors (Lipinski definition) is 2. The fourth-order valence-electron chi connectivity index (χ4n) is 1.34. The van der Waals surface area contributed by atoms with E-state index in [0.717, 1.165) is 21.8 Å². The van der Waals surface area contributed by atoms with Crippen molar-refractivity contribution < 1.29 is 0 Å². The van der Waals surface area contributed by atoms with Gasteiger partial charge in [-0.15, -0.1) is 0 Å². The predicted molar refractivity (Wildman–Crippen MR) is 88.4 cm³/mol. The van der Waals surface area contributed by atoms with E-state index in [1.807, 2.05) is 36.4 Å². The highest BCUT2D eigenvalue weighted by molar-refractivity contribution is 8.06. The van der Waals surface area contributed by atoms with Crippen LogP contribution in [0.4, 0.5) is 0 Å². The average molecular weight is 267 g/mol. The first-order chi connectivity index (χ1) is 9.19. The zero-order valence-electron chi connectivity index (χ0n) is 10.9. The number of allylic oxidation sites excluding steroid dienone is 4. The first kappa shape index (κ1) is 15.0. The molecule has 19 heavy (non-hydrogen) atoms. The minimum absolute atomic E-state index is 0.818. The maximum Gasteiger partial charge on any atom is 0.0835 e. The van der Waals surface area contributed by atoms with Crippen molar-refractivity contribution >= 4 is 17.5 Å². The van der Waals surface area contributed by atoms with Gasteiger partial charge in [0, 0.05) is 16.7 Å². The lowest BCUT2D eigenvalue weighted by Crippen LogP contribution is -2.00. The lowest BCUT2D eigenvalue weighted by Gasteiger charge is -2.06. The quantitative estimate of drug-likeness (QED) is 0.493. The van der Waals surface area contributed by atoms with E-state index >= 15 is 0 Å². The maximum absolute atomic E-state index is 4.46. The minimum atomic E-state index is 0.818. The number of thioether (sulfide) groups is 1. The zero-order chi connectivity index (χ0) is 14.1. The Balaban J connectivity index is 3.06. The minimum Gasteiger partial charge on any atom is -0.255 e. The van der Waals surface area contributed by atoms with Gasteiger partial charge in [-0.2, -0.15) is 0 Å². The van der Waals surface area contributed by atoms with Crippen molar-refractivity contribution in [2.24, 2.45) is 4.99 Å². The maximum atomic E-state index is 4.46. The standard InChI is InChI=1S/C17H17NS/c1-5-14(3)12-13-18-17(15(4)19-6-2)16-10-8-7-9-11-16/h5-13H,1-4H2/b13-12-,18-17?. The number of hydrogen-bond donors (Lipinski definition) is 0. The Morgan fingerprint density at radius 1 is 1.11 bits per heavy atom. The van der Waals surface area contributed by atoms with Crippen LogP contribution >= 0.6 is 11.8 Å². The van der Waals surface area contributed by atoms with Gasteiger partial charge in [0.2, 0.25) is 0 Å². The first-order valence-corrected chi connectivity index (χ1v) is 6.65. The van der Waals surface area contributed by atoms with Gasteiger partial charge in [-0.25, -0.2) is 0 Å². The number of benzene rings is 1. The van der Waals surface area contributed by atoms with Crippen molar-refractivity contribution in [3.05, 3.63) is 96.4 Å². The molecule has 1 rings (SSSR count). The van der Waals surface area contributed by atoms with E-state index in [9.17, 15) is 0 Å². The first-order valence-electron chi connectivity index (χ1n) is 5.77. The van der Waals surface area contributed by atoms with E-state index in [4.69, 9.17) is 0 Å². The molecule has 0 aromatic heterocycles. The smallest absolute Gasteiger partial charge is 0.0835 e. The molecular weight excluding hydrogens is 250 g/mol. The van der Waals surface area contributed by atoms with Crippen LogP contribution in [0.1, 0.15) is 5.56 Å². The SMILES string of the molecule is C=CSC(=C)C(=N/C=C\C(=C)C=C)c1ccccc1. The molecule has 0 atom stereocenters. The normalized spacial score (nSPS) is 11.3. The van der Waals surface area contributed by atoms with E-state index in [-0.39, 0.29) is 0 Å². The van der Waals surface area contributed by atoms with Crippen LogP contribution in [0.3, 0.4) is 0 Å². The van der Waals surface area contributed by atoms with E-state index in [0.29, 0.717) is 0 Å². The van der Waals surface area contributed by atoms with Crippen LogP contribution in [-0.4, -0.2) is 5.71 Å². The largest absolute Gasteiger partial charge is 0.255 e. The second-order valence-corrected chi connectivity index (χ2v) is 4.71. The van der Waals surface area contributed by atoms with Crippen LogP contribution in [0.15, 0.2) is 95.9 Å². The molecule has 0 N–H and O–H groups in total. The van der Waals surface area contributed by atoms with Crippen molar-refractivity contribution in [1.82, 2.24) is 0 Å². The topological polar surface area (TPSA) is 12.4 Å². The lowest BCUT2D eigenvalue weighted by molar-refractivity contribution is 1.51. The highest BCUT2D eigenvalue weighted by Gasteiger charge is 2.06. The molecule has 1 nitrogen and oxygen atoms in total. The summed E-state index contributed by atoms with van der Waals surface area (Å²) >= 11 is 1.46. The Kier molecular flexibility index (Phi) is 6.41. The fourth-order valence-corrected chi connectivity index (χ4v) is 1.82. The third-order valence-electron chi connectivity index (χ3n) is 2.29. The zero-order valence-corrected chi connectivity index (χ0v) is 11.7. The molecule has 2 heteroatoms. The monoisotopic (exact) mass is 267 g/mol. The van der Waals surface area contributed by atoms with Gasteiger partial charge >= 0.3 is 0 Å². The van der Waals surface area contributed by atoms with Gasteiger partial charge in [0.05, 0.1) is 5.71 Å². The van der Waals surface area contributed by atoms with E-state index in [1.54, 1.807) is 17.7 Å². The summed E-state index contributed by atoms with van der Waals surface area (Å²) < 4.78 is 0. The summed E-state index contributed by atoms with van der Waals surface area (Å²) in [4.78, 5) is 5.32.